The van der Waals surface area contributed by atoms with Crippen LogP contribution in [0.2, 0.25) is 0 Å². The predicted molar refractivity (Wildman–Crippen MR) is 66.1 cm³/mol. The number of fused-ring (bicyclic) bond motifs is 1. The summed E-state index contributed by atoms with van der Waals surface area (Å²) in [6, 6.07) is 0. The van der Waals surface area contributed by atoms with Crippen LogP contribution in [0.15, 0.2) is 0 Å². The van der Waals surface area contributed by atoms with Crippen LogP contribution in [-0.2, 0) is 10.1 Å². The van der Waals surface area contributed by atoms with E-state index in [1.54, 1.807) is 0 Å². The first-order valence-electron chi connectivity index (χ1n) is 4.03. The second-order valence-corrected chi connectivity index (χ2v) is 5.77. The molecule has 0 bridgehead atoms. The van der Waals surface area contributed by atoms with Gasteiger partial charge in [0.15, 0.2) is 0 Å². The van der Waals surface area contributed by atoms with Gasteiger partial charge in [-0.2, -0.15) is 13.5 Å². The maximum atomic E-state index is 10.7. The van der Waals surface area contributed by atoms with Gasteiger partial charge in [-0.05, 0) is 17.3 Å². The smallest absolute Gasteiger partial charge is 0.747 e. The van der Waals surface area contributed by atoms with Gasteiger partial charge in [-0.3, -0.25) is 0 Å². The van der Waals surface area contributed by atoms with Crippen LogP contribution in [0.4, 0.5) is 0 Å². The van der Waals surface area contributed by atoms with Gasteiger partial charge in [-0.15, -0.1) is 0 Å². The van der Waals surface area contributed by atoms with E-state index in [-0.39, 0.29) is 69.2 Å². The molecular weight excluding hydrogens is 257 g/mol. The minimum atomic E-state index is -4.14. The molecule has 0 aromatic heterocycles. The van der Waals surface area contributed by atoms with Crippen molar-refractivity contribution in [1.29, 1.82) is 0 Å². The summed E-state index contributed by atoms with van der Waals surface area (Å²) in [6.45, 7) is 4.70. The molecule has 1 aliphatic carbocycles. The van der Waals surface area contributed by atoms with Crippen LogP contribution >= 0.6 is 13.5 Å². The van der Waals surface area contributed by atoms with Crippen LogP contribution in [-0.4, -0.2) is 24.9 Å². The quantitative estimate of drug-likeness (QED) is 0.451. The van der Waals surface area contributed by atoms with E-state index in [2.05, 4.69) is 5.32 Å². The monoisotopic (exact) mass is 279 g/mol. The van der Waals surface area contributed by atoms with Crippen LogP contribution in [0.25, 0.3) is 0 Å². The fourth-order valence-corrected chi connectivity index (χ4v) is 3.63. The van der Waals surface area contributed by atoms with Crippen LogP contribution < -0.4 is 34.9 Å². The molecule has 1 saturated heterocycles. The SMILES string of the molecule is C.C.CC1(C)[C@H]2[C@@H]1CN[C@@H]2S(=O)(=O)[O-].S.[Na+]. The summed E-state index contributed by atoms with van der Waals surface area (Å²) in [5.74, 6) is 0.422. The van der Waals surface area contributed by atoms with Crippen molar-refractivity contribution in [1.82, 2.24) is 5.32 Å². The summed E-state index contributed by atoms with van der Waals surface area (Å²) in [6.07, 6.45) is 0. The van der Waals surface area contributed by atoms with Crippen molar-refractivity contribution in [2.45, 2.75) is 34.1 Å². The van der Waals surface area contributed by atoms with Crippen molar-refractivity contribution in [3.05, 3.63) is 0 Å². The molecule has 2 rings (SSSR count). The fourth-order valence-electron chi connectivity index (χ4n) is 2.43. The molecule has 1 N–H and O–H groups in total. The van der Waals surface area contributed by atoms with E-state index in [0.29, 0.717) is 12.5 Å². The van der Waals surface area contributed by atoms with Gasteiger partial charge in [-0.1, -0.05) is 28.7 Å². The normalized spacial score (nSPS) is 33.1. The van der Waals surface area contributed by atoms with Crippen LogP contribution in [0.5, 0.6) is 0 Å². The summed E-state index contributed by atoms with van der Waals surface area (Å²) in [4.78, 5) is 0. The number of hydrogen-bond donors (Lipinski definition) is 1. The van der Waals surface area contributed by atoms with Gasteiger partial charge in [0.1, 0.15) is 15.5 Å². The molecule has 2 aliphatic rings. The molecule has 1 aliphatic heterocycles. The average Bonchev–Trinajstić information content (AvgIpc) is 2.34. The topological polar surface area (TPSA) is 69.2 Å². The summed E-state index contributed by atoms with van der Waals surface area (Å²) < 4.78 is 32.2. The molecule has 7 heteroatoms. The Morgan fingerprint density at radius 1 is 1.31 bits per heavy atom. The van der Waals surface area contributed by atoms with Crippen molar-refractivity contribution >= 4 is 23.6 Å². The predicted octanol–water partition coefficient (Wildman–Crippen LogP) is -1.88. The zero-order valence-corrected chi connectivity index (χ0v) is 12.4. The minimum Gasteiger partial charge on any atom is -0.747 e. The van der Waals surface area contributed by atoms with Crippen LogP contribution in [0, 0.1) is 17.3 Å². The molecule has 0 unspecified atom stereocenters. The summed E-state index contributed by atoms with van der Waals surface area (Å²) in [5.41, 5.74) is 0.0490. The van der Waals surface area contributed by atoms with Gasteiger partial charge in [-0.25, -0.2) is 8.42 Å². The Hall–Kier alpha value is 1.22. The summed E-state index contributed by atoms with van der Waals surface area (Å²) >= 11 is 0. The molecule has 2 fully saturated rings. The van der Waals surface area contributed by atoms with Gasteiger partial charge < -0.3 is 9.87 Å². The molecule has 4 nitrogen and oxygen atoms in total. The number of piperidine rings is 1. The minimum absolute atomic E-state index is 0. The van der Waals surface area contributed by atoms with E-state index >= 15 is 0 Å². The molecule has 0 spiro atoms. The fraction of sp³-hybridized carbons (Fsp3) is 1.00. The number of hydrogen-bond acceptors (Lipinski definition) is 4. The van der Waals surface area contributed by atoms with Gasteiger partial charge in [0, 0.05) is 6.54 Å². The van der Waals surface area contributed by atoms with Gasteiger partial charge in [0.05, 0.1) is 0 Å². The molecule has 0 aromatic rings. The molecular formula is C9H22NNaO3S2. The summed E-state index contributed by atoms with van der Waals surface area (Å²) in [5, 5.41) is 1.92. The Balaban J connectivity index is -0.000000422. The third-order valence-electron chi connectivity index (χ3n) is 3.32. The molecule has 0 radical (unpaired) electrons. The number of nitrogens with one attached hydrogen (secondary N) is 1. The Kier molecular flexibility index (Phi) is 8.97. The van der Waals surface area contributed by atoms with E-state index in [0.717, 1.165) is 0 Å². The van der Waals surface area contributed by atoms with E-state index < -0.39 is 15.5 Å². The Morgan fingerprint density at radius 3 is 1.94 bits per heavy atom. The molecule has 3 atom stereocenters. The maximum absolute atomic E-state index is 10.7. The Bertz CT molecular complexity index is 319. The molecule has 0 aromatic carbocycles. The molecule has 16 heavy (non-hydrogen) atoms. The first kappa shape index (κ1) is 22.4. The zero-order valence-electron chi connectivity index (χ0n) is 8.57. The first-order chi connectivity index (χ1) is 5.35. The van der Waals surface area contributed by atoms with Crippen molar-refractivity contribution in [3.63, 3.8) is 0 Å². The van der Waals surface area contributed by atoms with Gasteiger partial charge in [0.2, 0.25) is 0 Å². The van der Waals surface area contributed by atoms with Crippen molar-refractivity contribution < 1.29 is 42.5 Å². The van der Waals surface area contributed by atoms with E-state index in [1.807, 2.05) is 13.8 Å². The molecule has 1 saturated carbocycles. The number of rotatable bonds is 1. The van der Waals surface area contributed by atoms with E-state index in [9.17, 15) is 13.0 Å². The van der Waals surface area contributed by atoms with Gasteiger partial charge >= 0.3 is 29.6 Å². The third-order valence-corrected chi connectivity index (χ3v) is 4.40. The standard InChI is InChI=1S/C7H13NO3S.2CH4.Na.H2S/c1-7(2)4-3-8-6(5(4)7)12(9,10)11;;;;/h4-6,8H,3H2,1-2H3,(H,9,10,11);2*1H4;;1H2/q;;;+1;/p-1/t4-,5-,6+;;;;/m0..../s1. The Labute approximate surface area is 128 Å². The molecule has 0 amide bonds. The second kappa shape index (κ2) is 6.41. The molecule has 94 valence electrons. The molecule has 1 heterocycles. The third kappa shape index (κ3) is 3.37. The average molecular weight is 279 g/mol. The van der Waals surface area contributed by atoms with Crippen molar-refractivity contribution in [3.8, 4) is 0 Å². The largest absolute Gasteiger partial charge is 1.00 e. The maximum Gasteiger partial charge on any atom is 1.00 e. The zero-order chi connectivity index (χ0) is 9.15. The van der Waals surface area contributed by atoms with E-state index in [1.165, 1.54) is 0 Å². The second-order valence-electron chi connectivity index (χ2n) is 4.28. The summed E-state index contributed by atoms with van der Waals surface area (Å²) in [7, 11) is -4.14. The van der Waals surface area contributed by atoms with Crippen molar-refractivity contribution in [2.24, 2.45) is 17.3 Å². The van der Waals surface area contributed by atoms with Crippen molar-refractivity contribution in [2.75, 3.05) is 6.54 Å². The first-order valence-corrected chi connectivity index (χ1v) is 5.50. The Morgan fingerprint density at radius 2 is 1.75 bits per heavy atom. The van der Waals surface area contributed by atoms with Gasteiger partial charge in [0.25, 0.3) is 0 Å². The van der Waals surface area contributed by atoms with E-state index in [4.69, 9.17) is 0 Å². The van der Waals surface area contributed by atoms with Crippen LogP contribution in [0.1, 0.15) is 28.7 Å². The van der Waals surface area contributed by atoms with Crippen LogP contribution in [0.3, 0.4) is 0 Å².